The van der Waals surface area contributed by atoms with Crippen molar-refractivity contribution in [3.63, 3.8) is 0 Å². The van der Waals surface area contributed by atoms with E-state index in [0.717, 1.165) is 5.56 Å². The Morgan fingerprint density at radius 2 is 1.89 bits per heavy atom. The summed E-state index contributed by atoms with van der Waals surface area (Å²) < 4.78 is 4.91. The molecule has 2 N–H and O–H groups in total. The van der Waals surface area contributed by atoms with Crippen molar-refractivity contribution in [2.24, 2.45) is 0 Å². The van der Waals surface area contributed by atoms with E-state index >= 15 is 0 Å². The molecule has 0 radical (unpaired) electrons. The van der Waals surface area contributed by atoms with Crippen molar-refractivity contribution in [2.75, 3.05) is 20.3 Å². The van der Waals surface area contributed by atoms with E-state index in [0.29, 0.717) is 6.61 Å². The van der Waals surface area contributed by atoms with Gasteiger partial charge in [-0.1, -0.05) is 30.3 Å². The summed E-state index contributed by atoms with van der Waals surface area (Å²) in [6.45, 7) is 2.27. The SMILES string of the molecule is COCC(C)NC(=O)CNC(=O)Cc1ccccc1. The summed E-state index contributed by atoms with van der Waals surface area (Å²) >= 11 is 0. The van der Waals surface area contributed by atoms with Crippen LogP contribution in [0, 0.1) is 0 Å². The molecule has 0 heterocycles. The monoisotopic (exact) mass is 264 g/mol. The molecule has 1 aromatic rings. The first kappa shape index (κ1) is 15.2. The van der Waals surface area contributed by atoms with Gasteiger partial charge in [-0.2, -0.15) is 0 Å². The normalized spacial score (nSPS) is 11.7. The lowest BCUT2D eigenvalue weighted by molar-refractivity contribution is -0.126. The van der Waals surface area contributed by atoms with Crippen LogP contribution in [0.15, 0.2) is 30.3 Å². The molecule has 1 rings (SSSR count). The van der Waals surface area contributed by atoms with Crippen molar-refractivity contribution in [2.45, 2.75) is 19.4 Å². The number of methoxy groups -OCH3 is 1. The molecule has 0 aliphatic heterocycles. The molecule has 1 atom stereocenters. The Morgan fingerprint density at radius 3 is 2.53 bits per heavy atom. The molecule has 1 aromatic carbocycles. The molecule has 0 bridgehead atoms. The van der Waals surface area contributed by atoms with Crippen molar-refractivity contribution in [1.82, 2.24) is 10.6 Å². The van der Waals surface area contributed by atoms with Gasteiger partial charge >= 0.3 is 0 Å². The highest BCUT2D eigenvalue weighted by Gasteiger charge is 2.09. The molecule has 0 fully saturated rings. The van der Waals surface area contributed by atoms with Crippen LogP contribution in [0.4, 0.5) is 0 Å². The van der Waals surface area contributed by atoms with Crippen molar-refractivity contribution in [1.29, 1.82) is 0 Å². The number of benzene rings is 1. The maximum Gasteiger partial charge on any atom is 0.239 e. The predicted octanol–water partition coefficient (Wildman–Crippen LogP) is 0.496. The Morgan fingerprint density at radius 1 is 1.21 bits per heavy atom. The number of carbonyl (C=O) groups is 2. The molecular formula is C14H20N2O3. The molecule has 0 aliphatic carbocycles. The number of nitrogens with one attached hydrogen (secondary N) is 2. The first-order chi connectivity index (χ1) is 9.11. The second-order valence-corrected chi connectivity index (χ2v) is 4.36. The van der Waals surface area contributed by atoms with E-state index in [1.807, 2.05) is 37.3 Å². The van der Waals surface area contributed by atoms with E-state index < -0.39 is 0 Å². The third kappa shape index (κ3) is 6.57. The average molecular weight is 264 g/mol. The van der Waals surface area contributed by atoms with E-state index in [1.54, 1.807) is 7.11 Å². The standard InChI is InChI=1S/C14H20N2O3/c1-11(10-19-2)16-14(18)9-15-13(17)8-12-6-4-3-5-7-12/h3-7,11H,8-10H2,1-2H3,(H,15,17)(H,16,18). The maximum absolute atomic E-state index is 11.6. The van der Waals surface area contributed by atoms with Crippen molar-refractivity contribution < 1.29 is 14.3 Å². The Balaban J connectivity index is 2.25. The van der Waals surface area contributed by atoms with Crippen LogP contribution in [0.3, 0.4) is 0 Å². The summed E-state index contributed by atoms with van der Waals surface area (Å²) in [5.41, 5.74) is 0.924. The van der Waals surface area contributed by atoms with Crippen LogP contribution in [-0.4, -0.2) is 38.1 Å². The summed E-state index contributed by atoms with van der Waals surface area (Å²) in [4.78, 5) is 23.1. The number of hydrogen-bond donors (Lipinski definition) is 2. The van der Waals surface area contributed by atoms with Crippen molar-refractivity contribution in [3.05, 3.63) is 35.9 Å². The molecular weight excluding hydrogens is 244 g/mol. The largest absolute Gasteiger partial charge is 0.383 e. The summed E-state index contributed by atoms with van der Waals surface area (Å²) in [5, 5.41) is 5.31. The topological polar surface area (TPSA) is 67.4 Å². The highest BCUT2D eigenvalue weighted by Crippen LogP contribution is 1.98. The zero-order chi connectivity index (χ0) is 14.1. The number of rotatable bonds is 7. The summed E-state index contributed by atoms with van der Waals surface area (Å²) in [6.07, 6.45) is 0.280. The van der Waals surface area contributed by atoms with Crippen LogP contribution in [-0.2, 0) is 20.7 Å². The highest BCUT2D eigenvalue weighted by atomic mass is 16.5. The Kier molecular flexibility index (Phi) is 6.60. The lowest BCUT2D eigenvalue weighted by Gasteiger charge is -2.13. The number of ether oxygens (including phenoxy) is 1. The molecule has 5 nitrogen and oxygen atoms in total. The van der Waals surface area contributed by atoms with E-state index in [2.05, 4.69) is 10.6 Å². The zero-order valence-corrected chi connectivity index (χ0v) is 11.3. The molecule has 104 valence electrons. The van der Waals surface area contributed by atoms with Crippen LogP contribution >= 0.6 is 0 Å². The van der Waals surface area contributed by atoms with Crippen LogP contribution in [0.25, 0.3) is 0 Å². The lowest BCUT2D eigenvalue weighted by Crippen LogP contribution is -2.42. The van der Waals surface area contributed by atoms with Gasteiger partial charge < -0.3 is 15.4 Å². The Bertz CT molecular complexity index is 406. The maximum atomic E-state index is 11.6. The molecule has 2 amide bonds. The first-order valence-corrected chi connectivity index (χ1v) is 6.20. The fourth-order valence-corrected chi connectivity index (χ4v) is 1.64. The van der Waals surface area contributed by atoms with E-state index in [4.69, 9.17) is 4.74 Å². The number of amides is 2. The predicted molar refractivity (Wildman–Crippen MR) is 72.6 cm³/mol. The fourth-order valence-electron chi connectivity index (χ4n) is 1.64. The van der Waals surface area contributed by atoms with Gasteiger partial charge in [0, 0.05) is 13.2 Å². The van der Waals surface area contributed by atoms with Crippen LogP contribution in [0.2, 0.25) is 0 Å². The zero-order valence-electron chi connectivity index (χ0n) is 11.3. The lowest BCUT2D eigenvalue weighted by atomic mass is 10.1. The van der Waals surface area contributed by atoms with Gasteiger partial charge in [0.05, 0.1) is 19.6 Å². The molecule has 0 spiro atoms. The third-order valence-corrected chi connectivity index (χ3v) is 2.48. The van der Waals surface area contributed by atoms with Crippen LogP contribution in [0.5, 0.6) is 0 Å². The van der Waals surface area contributed by atoms with Gasteiger partial charge in [-0.3, -0.25) is 9.59 Å². The summed E-state index contributed by atoms with van der Waals surface area (Å²) in [5.74, 6) is -0.383. The van der Waals surface area contributed by atoms with E-state index in [1.165, 1.54) is 0 Å². The van der Waals surface area contributed by atoms with Gasteiger partial charge in [0.15, 0.2) is 0 Å². The van der Waals surface area contributed by atoms with Gasteiger partial charge in [0.2, 0.25) is 11.8 Å². The third-order valence-electron chi connectivity index (χ3n) is 2.48. The Labute approximate surface area is 113 Å². The second-order valence-electron chi connectivity index (χ2n) is 4.36. The van der Waals surface area contributed by atoms with Gasteiger partial charge in [-0.15, -0.1) is 0 Å². The summed E-state index contributed by atoms with van der Waals surface area (Å²) in [6, 6.07) is 9.33. The smallest absolute Gasteiger partial charge is 0.239 e. The minimum Gasteiger partial charge on any atom is -0.383 e. The molecule has 5 heteroatoms. The minimum atomic E-state index is -0.217. The molecule has 0 saturated heterocycles. The molecule has 0 saturated carbocycles. The van der Waals surface area contributed by atoms with Gasteiger partial charge in [0.25, 0.3) is 0 Å². The average Bonchev–Trinajstić information content (AvgIpc) is 2.38. The van der Waals surface area contributed by atoms with E-state index in [-0.39, 0.29) is 30.8 Å². The quantitative estimate of drug-likeness (QED) is 0.753. The molecule has 0 aromatic heterocycles. The molecule has 1 unspecified atom stereocenters. The fraction of sp³-hybridized carbons (Fsp3) is 0.429. The van der Waals surface area contributed by atoms with Gasteiger partial charge in [-0.05, 0) is 12.5 Å². The van der Waals surface area contributed by atoms with Crippen LogP contribution in [0.1, 0.15) is 12.5 Å². The summed E-state index contributed by atoms with van der Waals surface area (Å²) in [7, 11) is 1.57. The van der Waals surface area contributed by atoms with E-state index in [9.17, 15) is 9.59 Å². The van der Waals surface area contributed by atoms with Crippen molar-refractivity contribution in [3.8, 4) is 0 Å². The van der Waals surface area contributed by atoms with Gasteiger partial charge in [-0.25, -0.2) is 0 Å². The van der Waals surface area contributed by atoms with Gasteiger partial charge in [0.1, 0.15) is 0 Å². The highest BCUT2D eigenvalue weighted by molar-refractivity contribution is 5.85. The molecule has 0 aliphatic rings. The first-order valence-electron chi connectivity index (χ1n) is 6.20. The number of carbonyl (C=O) groups excluding carboxylic acids is 2. The molecule has 19 heavy (non-hydrogen) atoms. The number of hydrogen-bond acceptors (Lipinski definition) is 3. The minimum absolute atomic E-state index is 0.0142. The van der Waals surface area contributed by atoms with Crippen LogP contribution < -0.4 is 10.6 Å². The Hall–Kier alpha value is -1.88. The second kappa shape index (κ2) is 8.26. The van der Waals surface area contributed by atoms with Crippen molar-refractivity contribution >= 4 is 11.8 Å².